The Bertz CT molecular complexity index is 249. The second-order valence-electron chi connectivity index (χ2n) is 2.20. The summed E-state index contributed by atoms with van der Waals surface area (Å²) in [7, 11) is 0. The van der Waals surface area contributed by atoms with Gasteiger partial charge in [0.25, 0.3) is 0 Å². The van der Waals surface area contributed by atoms with E-state index in [0.717, 1.165) is 10.1 Å². The molecule has 0 N–H and O–H groups in total. The van der Waals surface area contributed by atoms with Crippen molar-refractivity contribution in [3.05, 3.63) is 11.6 Å². The van der Waals surface area contributed by atoms with Crippen LogP contribution in [-0.2, 0) is 9.53 Å². The lowest BCUT2D eigenvalue weighted by atomic mass is 10.5. The number of nitrogens with zero attached hydrogens (tertiary/aromatic N) is 1. The van der Waals surface area contributed by atoms with Gasteiger partial charge in [-0.05, 0) is 6.92 Å². The number of carbonyl (C=O) groups is 1. The van der Waals surface area contributed by atoms with Crippen LogP contribution in [-0.4, -0.2) is 23.3 Å². The Morgan fingerprint density at radius 3 is 3.23 bits per heavy atom. The highest BCUT2D eigenvalue weighted by Crippen LogP contribution is 2.20. The van der Waals surface area contributed by atoms with E-state index in [0.29, 0.717) is 13.0 Å². The first kappa shape index (κ1) is 10.5. The van der Waals surface area contributed by atoms with Crippen LogP contribution in [0.2, 0.25) is 0 Å². The normalized spacial score (nSPS) is 9.92. The Kier molecular flexibility index (Phi) is 4.85. The third kappa shape index (κ3) is 4.28. The minimum atomic E-state index is -0.133. The molecule has 1 aromatic heterocycles. The van der Waals surface area contributed by atoms with Gasteiger partial charge in [0.1, 0.15) is 4.34 Å². The molecule has 13 heavy (non-hydrogen) atoms. The first-order valence-electron chi connectivity index (χ1n) is 4.01. The molecule has 0 saturated heterocycles. The van der Waals surface area contributed by atoms with E-state index in [1.54, 1.807) is 29.3 Å². The molecule has 1 aromatic rings. The molecule has 0 saturated carbocycles. The van der Waals surface area contributed by atoms with Crippen LogP contribution < -0.4 is 0 Å². The molecule has 0 unspecified atom stereocenters. The average molecular weight is 217 g/mol. The predicted octanol–water partition coefficient (Wildman–Crippen LogP) is 2.19. The third-order valence-electron chi connectivity index (χ3n) is 1.25. The lowest BCUT2D eigenvalue weighted by Gasteiger charge is -1.99. The van der Waals surface area contributed by atoms with Gasteiger partial charge in [-0.1, -0.05) is 11.8 Å². The minimum Gasteiger partial charge on any atom is -0.466 e. The first-order chi connectivity index (χ1) is 6.33. The van der Waals surface area contributed by atoms with E-state index in [2.05, 4.69) is 4.98 Å². The number of ether oxygens (including phenoxy) is 1. The van der Waals surface area contributed by atoms with Crippen LogP contribution in [0.3, 0.4) is 0 Å². The van der Waals surface area contributed by atoms with Gasteiger partial charge >= 0.3 is 5.97 Å². The van der Waals surface area contributed by atoms with Crippen molar-refractivity contribution in [2.75, 3.05) is 12.4 Å². The predicted molar refractivity (Wildman–Crippen MR) is 54.1 cm³/mol. The molecule has 3 nitrogen and oxygen atoms in total. The minimum absolute atomic E-state index is 0.133. The summed E-state index contributed by atoms with van der Waals surface area (Å²) < 4.78 is 5.80. The van der Waals surface area contributed by atoms with Gasteiger partial charge in [0.2, 0.25) is 0 Å². The molecule has 0 radical (unpaired) electrons. The van der Waals surface area contributed by atoms with Crippen LogP contribution in [0.15, 0.2) is 15.9 Å². The summed E-state index contributed by atoms with van der Waals surface area (Å²) in [5.74, 6) is 0.610. The summed E-state index contributed by atoms with van der Waals surface area (Å²) in [5.41, 5.74) is 0. The van der Waals surface area contributed by atoms with E-state index in [-0.39, 0.29) is 5.97 Å². The molecular formula is C8H11NO2S2. The number of hydrogen-bond acceptors (Lipinski definition) is 5. The van der Waals surface area contributed by atoms with Crippen LogP contribution >= 0.6 is 23.1 Å². The molecular weight excluding hydrogens is 206 g/mol. The second kappa shape index (κ2) is 5.99. The Balaban J connectivity index is 2.11. The number of carbonyl (C=O) groups excluding carboxylic acids is 1. The molecule has 0 atom stereocenters. The molecule has 0 aliphatic carbocycles. The van der Waals surface area contributed by atoms with Gasteiger partial charge < -0.3 is 4.74 Å². The lowest BCUT2D eigenvalue weighted by Crippen LogP contribution is -2.04. The molecule has 5 heteroatoms. The van der Waals surface area contributed by atoms with Crippen molar-refractivity contribution in [2.45, 2.75) is 17.7 Å². The van der Waals surface area contributed by atoms with Crippen molar-refractivity contribution in [2.24, 2.45) is 0 Å². The van der Waals surface area contributed by atoms with Crippen molar-refractivity contribution in [3.8, 4) is 0 Å². The molecule has 0 aliphatic rings. The number of thioether (sulfide) groups is 1. The number of hydrogen-bond donors (Lipinski definition) is 0. The molecule has 0 fully saturated rings. The monoisotopic (exact) mass is 217 g/mol. The topological polar surface area (TPSA) is 39.2 Å². The van der Waals surface area contributed by atoms with E-state index in [4.69, 9.17) is 4.74 Å². The maximum absolute atomic E-state index is 10.9. The quantitative estimate of drug-likeness (QED) is 0.560. The van der Waals surface area contributed by atoms with E-state index in [1.165, 1.54) is 0 Å². The number of thiazole rings is 1. The summed E-state index contributed by atoms with van der Waals surface area (Å²) in [6.45, 7) is 2.27. The van der Waals surface area contributed by atoms with Crippen LogP contribution in [0.1, 0.15) is 13.3 Å². The average Bonchev–Trinajstić information content (AvgIpc) is 2.57. The summed E-state index contributed by atoms with van der Waals surface area (Å²) >= 11 is 3.18. The van der Waals surface area contributed by atoms with Crippen molar-refractivity contribution >= 4 is 29.1 Å². The van der Waals surface area contributed by atoms with Crippen LogP contribution in [0.25, 0.3) is 0 Å². The first-order valence-corrected chi connectivity index (χ1v) is 5.87. The molecule has 72 valence electrons. The molecule has 0 amide bonds. The fourth-order valence-corrected chi connectivity index (χ4v) is 2.36. The van der Waals surface area contributed by atoms with Crippen molar-refractivity contribution in [1.29, 1.82) is 0 Å². The summed E-state index contributed by atoms with van der Waals surface area (Å²) in [6, 6.07) is 0. The Labute approximate surface area is 85.5 Å². The summed E-state index contributed by atoms with van der Waals surface area (Å²) in [5, 5.41) is 1.92. The maximum Gasteiger partial charge on any atom is 0.306 e. The maximum atomic E-state index is 10.9. The van der Waals surface area contributed by atoms with Gasteiger partial charge in [-0.25, -0.2) is 4.98 Å². The molecule has 0 aromatic carbocycles. The molecule has 1 rings (SSSR count). The highest BCUT2D eigenvalue weighted by atomic mass is 32.2. The SMILES string of the molecule is CCOC(=O)CCSc1nccs1. The van der Waals surface area contributed by atoms with Crippen molar-refractivity contribution < 1.29 is 9.53 Å². The zero-order chi connectivity index (χ0) is 9.52. The summed E-state index contributed by atoms with van der Waals surface area (Å²) in [6.07, 6.45) is 2.22. The van der Waals surface area contributed by atoms with Crippen LogP contribution in [0.4, 0.5) is 0 Å². The number of esters is 1. The molecule has 1 heterocycles. The van der Waals surface area contributed by atoms with Gasteiger partial charge in [0, 0.05) is 17.3 Å². The lowest BCUT2D eigenvalue weighted by molar-refractivity contribution is -0.142. The van der Waals surface area contributed by atoms with Crippen molar-refractivity contribution in [1.82, 2.24) is 4.98 Å². The van der Waals surface area contributed by atoms with Gasteiger partial charge in [0.15, 0.2) is 0 Å². The molecule has 0 bridgehead atoms. The largest absolute Gasteiger partial charge is 0.466 e. The van der Waals surface area contributed by atoms with E-state index in [1.807, 2.05) is 12.3 Å². The van der Waals surface area contributed by atoms with E-state index in [9.17, 15) is 4.79 Å². The highest BCUT2D eigenvalue weighted by molar-refractivity contribution is 8.01. The number of rotatable bonds is 5. The van der Waals surface area contributed by atoms with Gasteiger partial charge in [0.05, 0.1) is 13.0 Å². The standard InChI is InChI=1S/C8H11NO2S2/c1-2-11-7(10)3-5-12-8-9-4-6-13-8/h4,6H,2-3,5H2,1H3. The number of aromatic nitrogens is 1. The molecule has 0 spiro atoms. The van der Waals surface area contributed by atoms with E-state index >= 15 is 0 Å². The third-order valence-corrected chi connectivity index (χ3v) is 3.21. The second-order valence-corrected chi connectivity index (χ2v) is 4.44. The Morgan fingerprint density at radius 2 is 2.62 bits per heavy atom. The smallest absolute Gasteiger partial charge is 0.306 e. The Morgan fingerprint density at radius 1 is 1.77 bits per heavy atom. The van der Waals surface area contributed by atoms with Crippen LogP contribution in [0.5, 0.6) is 0 Å². The van der Waals surface area contributed by atoms with E-state index < -0.39 is 0 Å². The zero-order valence-electron chi connectivity index (χ0n) is 7.36. The van der Waals surface area contributed by atoms with Gasteiger partial charge in [-0.3, -0.25) is 4.79 Å². The highest BCUT2D eigenvalue weighted by Gasteiger charge is 2.02. The fourth-order valence-electron chi connectivity index (χ4n) is 0.736. The van der Waals surface area contributed by atoms with Gasteiger partial charge in [-0.2, -0.15) is 0 Å². The summed E-state index contributed by atoms with van der Waals surface area (Å²) in [4.78, 5) is 15.0. The van der Waals surface area contributed by atoms with Gasteiger partial charge in [-0.15, -0.1) is 11.3 Å². The Hall–Kier alpha value is -0.550. The zero-order valence-corrected chi connectivity index (χ0v) is 8.99. The van der Waals surface area contributed by atoms with Crippen LogP contribution in [0, 0.1) is 0 Å². The fraction of sp³-hybridized carbons (Fsp3) is 0.500. The van der Waals surface area contributed by atoms with Crippen molar-refractivity contribution in [3.63, 3.8) is 0 Å². The molecule has 0 aliphatic heterocycles.